The highest BCUT2D eigenvalue weighted by atomic mass is 19.1. The number of fused-ring (bicyclic) bond motifs is 1. The number of nitrogens with zero attached hydrogens (tertiary/aromatic N) is 5. The minimum absolute atomic E-state index is 0.128. The monoisotopic (exact) mass is 352 g/mol. The molecule has 0 bridgehead atoms. The Labute approximate surface area is 146 Å². The first-order chi connectivity index (χ1) is 12.6. The first-order valence-corrected chi connectivity index (χ1v) is 7.79. The number of halogens is 1. The molecule has 3 aromatic heterocycles. The molecule has 1 amide bonds. The molecule has 3 heterocycles. The van der Waals surface area contributed by atoms with Crippen LogP contribution in [0.25, 0.3) is 17.1 Å². The lowest BCUT2D eigenvalue weighted by Crippen LogP contribution is -2.24. The molecule has 0 aliphatic heterocycles. The van der Waals surface area contributed by atoms with E-state index in [-0.39, 0.29) is 12.1 Å². The van der Waals surface area contributed by atoms with Gasteiger partial charge in [0.25, 0.3) is 11.8 Å². The number of aryl methyl sites for hydroxylation is 1. The summed E-state index contributed by atoms with van der Waals surface area (Å²) in [5, 5.41) is 14.7. The Morgan fingerprint density at radius 3 is 2.92 bits per heavy atom. The van der Waals surface area contributed by atoms with E-state index in [1.54, 1.807) is 29.7 Å². The highest BCUT2D eigenvalue weighted by Crippen LogP contribution is 2.22. The van der Waals surface area contributed by atoms with Crippen molar-refractivity contribution in [3.63, 3.8) is 0 Å². The van der Waals surface area contributed by atoms with E-state index in [2.05, 4.69) is 25.7 Å². The number of nitrogens with one attached hydrogen (secondary N) is 1. The van der Waals surface area contributed by atoms with E-state index in [4.69, 9.17) is 4.52 Å². The van der Waals surface area contributed by atoms with Crippen LogP contribution in [0.15, 0.2) is 47.1 Å². The van der Waals surface area contributed by atoms with Crippen LogP contribution in [0.1, 0.15) is 22.0 Å². The maximum Gasteiger partial charge on any atom is 0.261 e. The van der Waals surface area contributed by atoms with Crippen molar-refractivity contribution in [2.24, 2.45) is 0 Å². The number of rotatable bonds is 4. The van der Waals surface area contributed by atoms with Gasteiger partial charge in [-0.1, -0.05) is 11.2 Å². The van der Waals surface area contributed by atoms with Gasteiger partial charge in [-0.3, -0.25) is 9.20 Å². The van der Waals surface area contributed by atoms with Crippen LogP contribution in [0.5, 0.6) is 0 Å². The van der Waals surface area contributed by atoms with Crippen LogP contribution in [0.3, 0.4) is 0 Å². The average Bonchev–Trinajstić information content (AvgIpc) is 3.25. The van der Waals surface area contributed by atoms with Gasteiger partial charge in [0.15, 0.2) is 17.3 Å². The van der Waals surface area contributed by atoms with E-state index in [1.807, 2.05) is 0 Å². The zero-order valence-electron chi connectivity index (χ0n) is 13.7. The van der Waals surface area contributed by atoms with Gasteiger partial charge in [-0.25, -0.2) is 4.39 Å². The molecule has 0 radical (unpaired) electrons. The summed E-state index contributed by atoms with van der Waals surface area (Å²) in [5.74, 6) is 0.512. The van der Waals surface area contributed by atoms with Crippen molar-refractivity contribution in [3.8, 4) is 11.5 Å². The van der Waals surface area contributed by atoms with Crippen molar-refractivity contribution in [1.29, 1.82) is 0 Å². The van der Waals surface area contributed by atoms with Gasteiger partial charge in [0.05, 0.1) is 12.1 Å². The lowest BCUT2D eigenvalue weighted by Gasteiger charge is -2.05. The van der Waals surface area contributed by atoms with Gasteiger partial charge in [0.2, 0.25) is 0 Å². The molecule has 0 saturated heterocycles. The molecule has 0 aliphatic rings. The van der Waals surface area contributed by atoms with Gasteiger partial charge in [0, 0.05) is 11.8 Å². The predicted molar refractivity (Wildman–Crippen MR) is 88.6 cm³/mol. The third-order valence-corrected chi connectivity index (χ3v) is 3.76. The fourth-order valence-corrected chi connectivity index (χ4v) is 2.55. The summed E-state index contributed by atoms with van der Waals surface area (Å²) in [7, 11) is 0. The number of hydrogen-bond donors (Lipinski definition) is 1. The minimum atomic E-state index is -0.468. The number of amides is 1. The average molecular weight is 352 g/mol. The van der Waals surface area contributed by atoms with Gasteiger partial charge in [0.1, 0.15) is 5.82 Å². The third kappa shape index (κ3) is 2.90. The Morgan fingerprint density at radius 2 is 2.15 bits per heavy atom. The van der Waals surface area contributed by atoms with Gasteiger partial charge in [-0.05, 0) is 37.3 Å². The van der Waals surface area contributed by atoms with Crippen molar-refractivity contribution >= 4 is 11.6 Å². The molecule has 130 valence electrons. The number of hydrogen-bond acceptors (Lipinski definition) is 6. The van der Waals surface area contributed by atoms with Crippen molar-refractivity contribution in [1.82, 2.24) is 30.1 Å². The Hall–Kier alpha value is -3.62. The standard InChI is InChI=1S/C17H13FN6O2/c1-10-20-17(26-23-10)13-6-3-7-24-14(21-22-15(13)24)9-19-16(25)11-4-2-5-12(18)8-11/h2-8H,9H2,1H3,(H,19,25). The third-order valence-electron chi connectivity index (χ3n) is 3.76. The first-order valence-electron chi connectivity index (χ1n) is 7.79. The molecule has 4 aromatic rings. The van der Waals surface area contributed by atoms with Crippen LogP contribution in [0.2, 0.25) is 0 Å². The number of pyridine rings is 1. The van der Waals surface area contributed by atoms with E-state index in [9.17, 15) is 9.18 Å². The summed E-state index contributed by atoms with van der Waals surface area (Å²) >= 11 is 0. The summed E-state index contributed by atoms with van der Waals surface area (Å²) in [6.45, 7) is 1.85. The fourth-order valence-electron chi connectivity index (χ4n) is 2.55. The molecule has 0 atom stereocenters. The smallest absolute Gasteiger partial charge is 0.261 e. The van der Waals surface area contributed by atoms with Crippen LogP contribution in [-0.2, 0) is 6.54 Å². The van der Waals surface area contributed by atoms with Crippen LogP contribution in [0.4, 0.5) is 4.39 Å². The van der Waals surface area contributed by atoms with Crippen molar-refractivity contribution in [2.75, 3.05) is 0 Å². The van der Waals surface area contributed by atoms with Crippen LogP contribution in [0, 0.1) is 12.7 Å². The Morgan fingerprint density at radius 1 is 1.27 bits per heavy atom. The van der Waals surface area contributed by atoms with Crippen molar-refractivity contribution in [2.45, 2.75) is 13.5 Å². The van der Waals surface area contributed by atoms with Gasteiger partial charge in [-0.2, -0.15) is 4.98 Å². The summed E-state index contributed by atoms with van der Waals surface area (Å²) in [6.07, 6.45) is 1.77. The van der Waals surface area contributed by atoms with Crippen molar-refractivity contribution in [3.05, 3.63) is 65.6 Å². The number of carbonyl (C=O) groups excluding carboxylic acids is 1. The van der Waals surface area contributed by atoms with Crippen LogP contribution >= 0.6 is 0 Å². The molecule has 1 aromatic carbocycles. The van der Waals surface area contributed by atoms with Crippen LogP contribution in [-0.4, -0.2) is 30.6 Å². The van der Waals surface area contributed by atoms with E-state index < -0.39 is 11.7 Å². The molecular formula is C17H13FN6O2. The quantitative estimate of drug-likeness (QED) is 0.604. The van der Waals surface area contributed by atoms with Crippen LogP contribution < -0.4 is 5.32 Å². The normalized spacial score (nSPS) is 11.0. The number of benzene rings is 1. The lowest BCUT2D eigenvalue weighted by molar-refractivity contribution is 0.0949. The minimum Gasteiger partial charge on any atom is -0.345 e. The largest absolute Gasteiger partial charge is 0.345 e. The first kappa shape index (κ1) is 15.9. The summed E-state index contributed by atoms with van der Waals surface area (Å²) in [5.41, 5.74) is 1.41. The molecule has 8 nitrogen and oxygen atoms in total. The van der Waals surface area contributed by atoms with E-state index in [0.717, 1.165) is 0 Å². The zero-order valence-corrected chi connectivity index (χ0v) is 13.7. The molecule has 0 spiro atoms. The summed E-state index contributed by atoms with van der Waals surface area (Å²) in [4.78, 5) is 16.3. The molecule has 0 unspecified atom stereocenters. The van der Waals surface area contributed by atoms with Gasteiger partial charge >= 0.3 is 0 Å². The fraction of sp³-hybridized carbons (Fsp3) is 0.118. The van der Waals surface area contributed by atoms with E-state index in [1.165, 1.54) is 24.3 Å². The molecule has 0 aliphatic carbocycles. The van der Waals surface area contributed by atoms with Gasteiger partial charge in [-0.15, -0.1) is 10.2 Å². The Balaban J connectivity index is 1.59. The highest BCUT2D eigenvalue weighted by Gasteiger charge is 2.16. The summed E-state index contributed by atoms with van der Waals surface area (Å²) in [6, 6.07) is 9.07. The molecular weight excluding hydrogens is 339 g/mol. The maximum atomic E-state index is 13.2. The second-order valence-electron chi connectivity index (χ2n) is 5.57. The van der Waals surface area contributed by atoms with Crippen molar-refractivity contribution < 1.29 is 13.7 Å². The SMILES string of the molecule is Cc1noc(-c2cccn3c(CNC(=O)c4cccc(F)c4)nnc23)n1. The number of carbonyl (C=O) groups is 1. The maximum absolute atomic E-state index is 13.2. The molecule has 9 heteroatoms. The predicted octanol–water partition coefficient (Wildman–Crippen LogP) is 2.16. The zero-order chi connectivity index (χ0) is 18.1. The second kappa shape index (κ2) is 6.36. The lowest BCUT2D eigenvalue weighted by atomic mass is 10.2. The topological polar surface area (TPSA) is 98.2 Å². The summed E-state index contributed by atoms with van der Waals surface area (Å²) < 4.78 is 20.1. The Kier molecular flexibility index (Phi) is 3.88. The van der Waals surface area contributed by atoms with Gasteiger partial charge < -0.3 is 9.84 Å². The second-order valence-corrected chi connectivity index (χ2v) is 5.57. The molecule has 1 N–H and O–H groups in total. The molecule has 26 heavy (non-hydrogen) atoms. The highest BCUT2D eigenvalue weighted by molar-refractivity contribution is 5.94. The molecule has 4 rings (SSSR count). The van der Waals surface area contributed by atoms with E-state index in [0.29, 0.717) is 28.8 Å². The molecule has 0 fully saturated rings. The molecule has 0 saturated carbocycles. The number of aromatic nitrogens is 5. The van der Waals surface area contributed by atoms with E-state index >= 15 is 0 Å². The Bertz CT molecular complexity index is 1100.